The number of hydrogen-bond acceptors (Lipinski definition) is 3. The summed E-state index contributed by atoms with van der Waals surface area (Å²) in [7, 11) is 0. The van der Waals surface area contributed by atoms with Gasteiger partial charge in [-0.3, -0.25) is 9.59 Å². The summed E-state index contributed by atoms with van der Waals surface area (Å²) in [6.45, 7) is 7.30. The van der Waals surface area contributed by atoms with Gasteiger partial charge in [-0.25, -0.2) is 0 Å². The van der Waals surface area contributed by atoms with E-state index < -0.39 is 5.25 Å². The molecule has 0 radical (unpaired) electrons. The summed E-state index contributed by atoms with van der Waals surface area (Å²) in [5.41, 5.74) is -0.269. The Bertz CT molecular complexity index is 221. The maximum absolute atomic E-state index is 11.2. The number of carbonyl (C=O) groups excluding carboxylic acids is 2. The van der Waals surface area contributed by atoms with E-state index in [4.69, 9.17) is 0 Å². The van der Waals surface area contributed by atoms with E-state index in [2.05, 4.69) is 23.3 Å². The van der Waals surface area contributed by atoms with Gasteiger partial charge < -0.3 is 10.6 Å². The number of carbonyl (C=O) groups is 2. The SMILES string of the molecule is CC(S)C(=O)NCC(=O)NC(C)(C)C. The van der Waals surface area contributed by atoms with Crippen LogP contribution >= 0.6 is 12.6 Å². The van der Waals surface area contributed by atoms with E-state index in [9.17, 15) is 9.59 Å². The van der Waals surface area contributed by atoms with Gasteiger partial charge in [0.15, 0.2) is 0 Å². The van der Waals surface area contributed by atoms with E-state index in [1.165, 1.54) is 0 Å². The highest BCUT2D eigenvalue weighted by Crippen LogP contribution is 1.97. The van der Waals surface area contributed by atoms with E-state index >= 15 is 0 Å². The van der Waals surface area contributed by atoms with Gasteiger partial charge in [-0.2, -0.15) is 12.6 Å². The van der Waals surface area contributed by atoms with Crippen molar-refractivity contribution in [2.45, 2.75) is 38.5 Å². The van der Waals surface area contributed by atoms with E-state index in [1.54, 1.807) is 6.92 Å². The van der Waals surface area contributed by atoms with Crippen LogP contribution < -0.4 is 10.6 Å². The van der Waals surface area contributed by atoms with Gasteiger partial charge in [-0.05, 0) is 27.7 Å². The van der Waals surface area contributed by atoms with Crippen LogP contribution in [0.15, 0.2) is 0 Å². The van der Waals surface area contributed by atoms with Crippen molar-refractivity contribution in [3.63, 3.8) is 0 Å². The molecule has 0 aromatic carbocycles. The summed E-state index contributed by atoms with van der Waals surface area (Å²) in [5.74, 6) is -0.433. The molecule has 1 unspecified atom stereocenters. The monoisotopic (exact) mass is 218 g/mol. The maximum atomic E-state index is 11.2. The van der Waals surface area contributed by atoms with Crippen molar-refractivity contribution in [3.8, 4) is 0 Å². The lowest BCUT2D eigenvalue weighted by Crippen LogP contribution is -2.46. The summed E-state index contributed by atoms with van der Waals surface area (Å²) in [5, 5.41) is 4.82. The Kier molecular flexibility index (Phi) is 4.97. The number of hydrogen-bond donors (Lipinski definition) is 3. The second-order valence-corrected chi connectivity index (χ2v) is 4.97. The molecule has 4 nitrogen and oxygen atoms in total. The van der Waals surface area contributed by atoms with Gasteiger partial charge in [0, 0.05) is 5.54 Å². The second kappa shape index (κ2) is 5.24. The molecule has 0 spiro atoms. The Balaban J connectivity index is 3.81. The van der Waals surface area contributed by atoms with Crippen LogP contribution in [0.1, 0.15) is 27.7 Å². The molecule has 0 aliphatic heterocycles. The molecular weight excluding hydrogens is 200 g/mol. The molecule has 2 amide bonds. The molecule has 0 heterocycles. The first-order chi connectivity index (χ1) is 6.22. The lowest BCUT2D eigenvalue weighted by molar-refractivity contribution is -0.126. The molecule has 2 N–H and O–H groups in total. The first-order valence-corrected chi connectivity index (χ1v) is 5.01. The Hall–Kier alpha value is -0.710. The fourth-order valence-corrected chi connectivity index (χ4v) is 0.869. The molecule has 1 atom stereocenters. The van der Waals surface area contributed by atoms with Gasteiger partial charge in [0.05, 0.1) is 11.8 Å². The number of amides is 2. The Labute approximate surface area is 90.2 Å². The topological polar surface area (TPSA) is 58.2 Å². The smallest absolute Gasteiger partial charge is 0.239 e. The van der Waals surface area contributed by atoms with Gasteiger partial charge in [-0.15, -0.1) is 0 Å². The zero-order valence-corrected chi connectivity index (χ0v) is 9.94. The zero-order chi connectivity index (χ0) is 11.4. The quantitative estimate of drug-likeness (QED) is 0.598. The number of nitrogens with one attached hydrogen (secondary N) is 2. The lowest BCUT2D eigenvalue weighted by atomic mass is 10.1. The van der Waals surface area contributed by atoms with Crippen LogP contribution in [0.25, 0.3) is 0 Å². The third kappa shape index (κ3) is 6.77. The van der Waals surface area contributed by atoms with Crippen molar-refractivity contribution in [2.24, 2.45) is 0 Å². The van der Waals surface area contributed by atoms with Gasteiger partial charge in [0.1, 0.15) is 0 Å². The summed E-state index contributed by atoms with van der Waals surface area (Å²) >= 11 is 3.94. The van der Waals surface area contributed by atoms with Crippen molar-refractivity contribution in [1.82, 2.24) is 10.6 Å². The molecule has 14 heavy (non-hydrogen) atoms. The van der Waals surface area contributed by atoms with Crippen molar-refractivity contribution < 1.29 is 9.59 Å². The molecule has 0 aromatic rings. The number of thiol groups is 1. The molecule has 0 fully saturated rings. The average Bonchev–Trinajstić information content (AvgIpc) is 1.96. The molecule has 82 valence electrons. The summed E-state index contributed by atoms with van der Waals surface area (Å²) in [6.07, 6.45) is 0. The van der Waals surface area contributed by atoms with E-state index in [0.29, 0.717) is 0 Å². The molecule has 0 saturated heterocycles. The molecule has 0 aliphatic rings. The van der Waals surface area contributed by atoms with E-state index in [0.717, 1.165) is 0 Å². The van der Waals surface area contributed by atoms with Gasteiger partial charge in [-0.1, -0.05) is 0 Å². The Morgan fingerprint density at radius 3 is 2.21 bits per heavy atom. The van der Waals surface area contributed by atoms with Crippen molar-refractivity contribution in [1.29, 1.82) is 0 Å². The van der Waals surface area contributed by atoms with Crippen LogP contribution in [-0.4, -0.2) is 29.1 Å². The fraction of sp³-hybridized carbons (Fsp3) is 0.778. The van der Waals surface area contributed by atoms with Crippen LogP contribution in [-0.2, 0) is 9.59 Å². The Morgan fingerprint density at radius 2 is 1.86 bits per heavy atom. The lowest BCUT2D eigenvalue weighted by Gasteiger charge is -2.20. The molecule has 5 heteroatoms. The van der Waals surface area contributed by atoms with Crippen molar-refractivity contribution in [3.05, 3.63) is 0 Å². The van der Waals surface area contributed by atoms with Crippen molar-refractivity contribution in [2.75, 3.05) is 6.54 Å². The largest absolute Gasteiger partial charge is 0.350 e. The van der Waals surface area contributed by atoms with Gasteiger partial charge in [0.25, 0.3) is 0 Å². The van der Waals surface area contributed by atoms with Crippen LogP contribution in [0.4, 0.5) is 0 Å². The third-order valence-electron chi connectivity index (χ3n) is 1.32. The van der Waals surface area contributed by atoms with E-state index in [-0.39, 0.29) is 23.9 Å². The second-order valence-electron chi connectivity index (χ2n) is 4.19. The minimum Gasteiger partial charge on any atom is -0.350 e. The van der Waals surface area contributed by atoms with Crippen LogP contribution in [0.2, 0.25) is 0 Å². The maximum Gasteiger partial charge on any atom is 0.239 e. The van der Waals surface area contributed by atoms with Crippen LogP contribution in [0, 0.1) is 0 Å². The minimum atomic E-state index is -0.391. The fourth-order valence-electron chi connectivity index (χ4n) is 0.778. The normalized spacial score (nSPS) is 13.2. The summed E-state index contributed by atoms with van der Waals surface area (Å²) in [6, 6.07) is 0. The summed E-state index contributed by atoms with van der Waals surface area (Å²) in [4.78, 5) is 22.3. The Morgan fingerprint density at radius 1 is 1.36 bits per heavy atom. The standard InChI is InChI=1S/C9H18N2O2S/c1-6(14)8(13)10-5-7(12)11-9(2,3)4/h6,14H,5H2,1-4H3,(H,10,13)(H,11,12). The van der Waals surface area contributed by atoms with Crippen LogP contribution in [0.3, 0.4) is 0 Å². The van der Waals surface area contributed by atoms with Crippen molar-refractivity contribution >= 4 is 24.4 Å². The molecule has 0 bridgehead atoms. The molecule has 0 aliphatic carbocycles. The third-order valence-corrected chi connectivity index (χ3v) is 1.55. The molecule has 0 rings (SSSR count). The predicted octanol–water partition coefficient (Wildman–Crippen LogP) is 0.336. The zero-order valence-electron chi connectivity index (χ0n) is 9.05. The summed E-state index contributed by atoms with van der Waals surface area (Å²) < 4.78 is 0. The molecular formula is C9H18N2O2S. The molecule has 0 saturated carbocycles. The van der Waals surface area contributed by atoms with Gasteiger partial charge >= 0.3 is 0 Å². The minimum absolute atomic E-state index is 0.000995. The predicted molar refractivity (Wildman–Crippen MR) is 59.4 cm³/mol. The van der Waals surface area contributed by atoms with E-state index in [1.807, 2.05) is 20.8 Å². The van der Waals surface area contributed by atoms with Crippen LogP contribution in [0.5, 0.6) is 0 Å². The highest BCUT2D eigenvalue weighted by atomic mass is 32.1. The first-order valence-electron chi connectivity index (χ1n) is 4.49. The first kappa shape index (κ1) is 13.3. The number of rotatable bonds is 3. The highest BCUT2D eigenvalue weighted by molar-refractivity contribution is 7.81. The average molecular weight is 218 g/mol. The molecule has 0 aromatic heterocycles. The highest BCUT2D eigenvalue weighted by Gasteiger charge is 2.14. The van der Waals surface area contributed by atoms with Gasteiger partial charge in [0.2, 0.25) is 11.8 Å².